The second kappa shape index (κ2) is 48.0. The topological polar surface area (TPSA) is 1090 Å². The quantitative estimate of drug-likeness (QED) is 0.0174. The van der Waals surface area contributed by atoms with Crippen molar-refractivity contribution in [2.24, 2.45) is 0 Å². The van der Waals surface area contributed by atoms with Gasteiger partial charge >= 0.3 is 5.69 Å². The van der Waals surface area contributed by atoms with E-state index in [1.165, 1.54) is 12.1 Å². The molecule has 1 amide bonds. The summed E-state index contributed by atoms with van der Waals surface area (Å²) in [6.45, 7) is -9.73. The lowest BCUT2D eigenvalue weighted by molar-refractivity contribution is -0.383. The molecular formula is C50H67N8O64S13-13. The van der Waals surface area contributed by atoms with Crippen molar-refractivity contribution in [2.75, 3.05) is 44.9 Å². The van der Waals surface area contributed by atoms with Crippen molar-refractivity contribution in [3.8, 4) is 0 Å². The summed E-state index contributed by atoms with van der Waals surface area (Å²) in [6.07, 6.45) is -66.9. The molecule has 85 heteroatoms. The van der Waals surface area contributed by atoms with Crippen LogP contribution in [0.3, 0.4) is 0 Å². The lowest BCUT2D eigenvalue weighted by atomic mass is 9.95. The first-order valence-corrected chi connectivity index (χ1v) is 53.7. The number of carbonyl (C=O) groups excluding carboxylic acids is 1. The maximum atomic E-state index is 12.9. The smallest absolute Gasteiger partial charge is 0.300 e. The summed E-state index contributed by atoms with van der Waals surface area (Å²) in [4.78, 5) is 23.3. The van der Waals surface area contributed by atoms with Crippen LogP contribution < -0.4 is 10.6 Å². The number of fused-ring (bicyclic) bond motifs is 1. The highest BCUT2D eigenvalue weighted by Crippen LogP contribution is 2.43. The van der Waals surface area contributed by atoms with Crippen LogP contribution in [0.25, 0.3) is 11.0 Å². The molecule has 4 aliphatic rings. The zero-order valence-electron chi connectivity index (χ0n) is 66.2. The first-order valence-electron chi connectivity index (χ1n) is 36.4. The van der Waals surface area contributed by atoms with Gasteiger partial charge in [0.1, 0.15) is 78.9 Å². The summed E-state index contributed by atoms with van der Waals surface area (Å²) < 4.78 is 584. The van der Waals surface area contributed by atoms with E-state index in [9.17, 15) is 184 Å². The minimum Gasteiger partial charge on any atom is -0.726 e. The second-order valence-electron chi connectivity index (χ2n) is 27.4. The average molecular weight is 2220 g/mol. The number of nitro benzene ring substituents is 1. The Kier molecular flexibility index (Phi) is 41.4. The summed E-state index contributed by atoms with van der Waals surface area (Å²) in [5.41, 5.74) is 0.819. The summed E-state index contributed by atoms with van der Waals surface area (Å²) in [5.74, 6) is -0.364. The summed E-state index contributed by atoms with van der Waals surface area (Å²) >= 11 is 0. The van der Waals surface area contributed by atoms with Gasteiger partial charge in [-0.05, 0) is 42.1 Å². The maximum absolute atomic E-state index is 12.9. The van der Waals surface area contributed by atoms with Crippen molar-refractivity contribution in [3.63, 3.8) is 0 Å². The van der Waals surface area contributed by atoms with E-state index >= 15 is 0 Å². The normalized spacial score (nSPS) is 27.1. The average Bonchev–Trinajstić information content (AvgIpc) is 0.785. The van der Waals surface area contributed by atoms with Crippen LogP contribution in [0.5, 0.6) is 0 Å². The van der Waals surface area contributed by atoms with Crippen LogP contribution in [0.4, 0.5) is 11.4 Å². The minimum absolute atomic E-state index is 0.00189. The van der Waals surface area contributed by atoms with Gasteiger partial charge in [-0.2, -0.15) is 0 Å². The highest BCUT2D eigenvalue weighted by Gasteiger charge is 2.62. The number of carbonyl (C=O) groups is 1. The molecule has 782 valence electrons. The molecule has 1 aromatic carbocycles. The Balaban J connectivity index is 1.13. The largest absolute Gasteiger partial charge is 0.726 e. The van der Waals surface area contributed by atoms with Crippen molar-refractivity contribution in [2.45, 2.75) is 219 Å². The molecule has 4 saturated heterocycles. The van der Waals surface area contributed by atoms with Gasteiger partial charge in [-0.3, -0.25) is 74.0 Å². The zero-order valence-corrected chi connectivity index (χ0v) is 76.9. The molecular weight excluding hydrogens is 2150 g/mol. The molecule has 3 aromatic rings. The standard InChI is InChI=1S/C50H80N8O64S13/c59-32(13-9-5-3-1-2-4-7-11-17-57-20-25(53-56-57)19-52-26-14-15-27(58(60)61)34-33(26)54-122-55-34)51-16-10-6-8-12-18-101-47-43(118-132(89,90)91)39(114-128(77,78)79)35(28(106-47)21-102-123(62,63)64)110-48-44(119-133(92,93)94)40(115-129(80,81)82)36(29(107-48)22-103-124(65,66)67)111-49-45(120-134(95,96)97)41(116-130(83,84)85)37(30(108-49)23-104-125(68,69)70)112-50-46(121-135(98,99)100)42(117-131(86,87)88)38(113-127(74,75)76)31(109-50)24-105-126(71,72)73/h14-15,20,28-31,35-50,52H,1-13,16-19,21-24H2,(H,51,59)(H,62,63,64)(H,65,66,67)(H,68,69,70)(H,71,72,73)(H,74,75,76)(H,77,78,79)(H,80,81,82)(H,83,84,85)(H,86,87,88)(H,89,90,91)(H,92,93,94)(H,95,96,97)(H,98,99,100)/p-13/t28-,29-,30-,31-,35-,36-,37-,38-,39+,40+,41+,42+,43-,44-,45-,46-,47-,48-,49-,50-/m1/s1. The molecule has 4 aliphatic heterocycles. The van der Waals surface area contributed by atoms with Crippen molar-refractivity contribution < 1.29 is 275 Å². The Bertz CT molecular complexity index is 6120. The van der Waals surface area contributed by atoms with Crippen LogP contribution in [-0.2, 0) is 245 Å². The van der Waals surface area contributed by atoms with E-state index < -0.39 is 296 Å². The number of anilines is 1. The SMILES string of the molecule is O=C(CCCCCCCCCCn1cc(CNc2ccc([N+](=O)[O-])c3nonc23)nn1)NCCCCCCO[C@@H]1O[C@H](COS(=O)(=O)[O-])[C@@H](O[C@H]2O[C@H](COS(=O)(=O)[O-])[C@@H](O[C@H]3O[C@H](COS(=O)(=O)[O-])[C@@H](O[C@H]4O[C@H](COS(=O)(=O)[O-])[C@@H](OS(=O)(=O)[O-])[C@H](OS(=O)(=O)[O-])[C@H]4OS(=O)(=O)[O-])[C@H](OS(=O)(=O)[O-])[C@H]3OS(=O)(=O)[O-])[C@H](OS(=O)(=O)[O-])[C@H]2OS(=O)(=O)[O-])[C@H](OS(=O)(=O)[O-])[C@H]1OS(=O)(=O)[O-]. The summed E-state index contributed by atoms with van der Waals surface area (Å²) in [5, 5.41) is 32.6. The van der Waals surface area contributed by atoms with Gasteiger partial charge < -0.3 is 108 Å². The highest BCUT2D eigenvalue weighted by molar-refractivity contribution is 7.83. The number of hydrogen-bond donors (Lipinski definition) is 2. The Hall–Kier alpha value is -5.58. The maximum Gasteiger partial charge on any atom is 0.300 e. The van der Waals surface area contributed by atoms with Gasteiger partial charge in [0.05, 0.1) is 49.8 Å². The van der Waals surface area contributed by atoms with Crippen LogP contribution in [0.15, 0.2) is 23.0 Å². The molecule has 0 aliphatic carbocycles. The van der Waals surface area contributed by atoms with Crippen LogP contribution in [0.1, 0.15) is 89.2 Å². The molecule has 6 heterocycles. The number of unbranched alkanes of at least 4 members (excludes halogenated alkanes) is 10. The Morgan fingerprint density at radius 2 is 0.681 bits per heavy atom. The fraction of sp³-hybridized carbons (Fsp3) is 0.820. The van der Waals surface area contributed by atoms with Crippen LogP contribution in [0, 0.1) is 10.1 Å². The molecule has 2 aromatic heterocycles. The number of ether oxygens (including phenoxy) is 8. The molecule has 4 fully saturated rings. The Morgan fingerprint density at radius 3 is 1.05 bits per heavy atom. The first-order chi connectivity index (χ1) is 61.7. The number of rotatable bonds is 59. The van der Waals surface area contributed by atoms with Gasteiger partial charge in [0.2, 0.25) is 147 Å². The van der Waals surface area contributed by atoms with Crippen molar-refractivity contribution in [3.05, 3.63) is 34.1 Å². The third-order valence-electron chi connectivity index (χ3n) is 17.7. The second-order valence-corrected chi connectivity index (χ2v) is 40.6. The minimum atomic E-state index is -7.15. The van der Waals surface area contributed by atoms with E-state index in [4.69, 9.17) is 37.9 Å². The molecule has 7 rings (SSSR count). The fourth-order valence-corrected chi connectivity index (χ4v) is 18.4. The van der Waals surface area contributed by atoms with Crippen LogP contribution in [0.2, 0.25) is 0 Å². The zero-order chi connectivity index (χ0) is 101. The third-order valence-corrected chi connectivity index (χ3v) is 23.5. The molecule has 2 N–H and O–H groups in total. The predicted molar refractivity (Wildman–Crippen MR) is 388 cm³/mol. The number of hydrogen-bond acceptors (Lipinski definition) is 69. The Labute approximate surface area is 763 Å². The summed E-state index contributed by atoms with van der Waals surface area (Å²) in [6, 6.07) is 2.71. The van der Waals surface area contributed by atoms with Gasteiger partial charge in [0.15, 0.2) is 55.1 Å². The third kappa shape index (κ3) is 42.2. The van der Waals surface area contributed by atoms with Gasteiger partial charge in [0.25, 0.3) is 0 Å². The van der Waals surface area contributed by atoms with Gasteiger partial charge in [0, 0.05) is 32.2 Å². The van der Waals surface area contributed by atoms with E-state index in [0.29, 0.717) is 30.8 Å². The number of aryl methyl sites for hydroxylation is 1. The van der Waals surface area contributed by atoms with Crippen molar-refractivity contribution >= 4 is 164 Å². The van der Waals surface area contributed by atoms with Crippen molar-refractivity contribution in [1.29, 1.82) is 0 Å². The van der Waals surface area contributed by atoms with Crippen LogP contribution in [-0.4, -0.2) is 367 Å². The predicted octanol–water partition coefficient (Wildman–Crippen LogP) is -10.9. The lowest BCUT2D eigenvalue weighted by Crippen LogP contribution is -2.69. The van der Waals surface area contributed by atoms with Gasteiger partial charge in [-0.1, -0.05) is 56.6 Å². The number of nitro groups is 1. The first kappa shape index (κ1) is 116. The molecule has 20 atom stereocenters. The number of nitrogens with one attached hydrogen (secondary N) is 2. The summed E-state index contributed by atoms with van der Waals surface area (Å²) in [7, 11) is -88.2. The number of amides is 1. The lowest BCUT2D eigenvalue weighted by Gasteiger charge is -2.52. The molecule has 0 bridgehead atoms. The Morgan fingerprint density at radius 1 is 0.370 bits per heavy atom. The van der Waals surface area contributed by atoms with Gasteiger partial charge in [-0.25, -0.2) is 114 Å². The number of nitrogens with zero attached hydrogens (tertiary/aromatic N) is 6. The highest BCUT2D eigenvalue weighted by atomic mass is 32.3. The molecule has 0 unspecified atom stereocenters. The van der Waals surface area contributed by atoms with E-state index in [0.717, 1.165) is 38.5 Å². The molecule has 0 spiro atoms. The number of aromatic nitrogens is 5. The molecule has 72 nitrogen and oxygen atoms in total. The van der Waals surface area contributed by atoms with E-state index in [-0.39, 0.29) is 67.8 Å². The number of benzene rings is 1. The van der Waals surface area contributed by atoms with E-state index in [1.807, 2.05) is 0 Å². The van der Waals surface area contributed by atoms with E-state index in [1.54, 1.807) is 10.9 Å². The molecule has 0 saturated carbocycles. The van der Waals surface area contributed by atoms with E-state index in [2.05, 4.69) is 90.3 Å². The number of non-ortho nitro benzene ring substituents is 1. The fourth-order valence-electron chi connectivity index (χ4n) is 12.8. The van der Waals surface area contributed by atoms with Crippen LogP contribution >= 0.6 is 0 Å². The molecule has 0 radical (unpaired) electrons. The molecule has 135 heavy (non-hydrogen) atoms. The monoisotopic (exact) mass is 2220 g/mol. The van der Waals surface area contributed by atoms with Gasteiger partial charge in [-0.15, -0.1) is 5.10 Å². The van der Waals surface area contributed by atoms with Crippen molar-refractivity contribution in [1.82, 2.24) is 30.6 Å².